The molecule has 0 aliphatic heterocycles. The Labute approximate surface area is 143 Å². The Balaban J connectivity index is 1.88. The number of carbonyl (C=O) groups is 2. The lowest BCUT2D eigenvalue weighted by molar-refractivity contribution is -0.118. The van der Waals surface area contributed by atoms with Gasteiger partial charge in [0.2, 0.25) is 0 Å². The lowest BCUT2D eigenvalue weighted by Gasteiger charge is -2.10. The van der Waals surface area contributed by atoms with Crippen molar-refractivity contribution in [3.05, 3.63) is 59.7 Å². The average molecular weight is 324 g/mol. The van der Waals surface area contributed by atoms with Crippen LogP contribution >= 0.6 is 0 Å². The molecule has 0 heterocycles. The fraction of sp³-hybridized carbons (Fsp3) is 0.300. The molecular formula is C20H24N2O2. The van der Waals surface area contributed by atoms with Gasteiger partial charge in [-0.2, -0.15) is 0 Å². The third-order valence-electron chi connectivity index (χ3n) is 3.82. The molecule has 0 radical (unpaired) electrons. The van der Waals surface area contributed by atoms with E-state index >= 15 is 0 Å². The number of hydrogen-bond donors (Lipinski definition) is 2. The molecule has 2 N–H and O–H groups in total. The van der Waals surface area contributed by atoms with Crippen LogP contribution < -0.4 is 10.6 Å². The van der Waals surface area contributed by atoms with Gasteiger partial charge in [-0.15, -0.1) is 0 Å². The molecular weight excluding hydrogens is 300 g/mol. The quantitative estimate of drug-likeness (QED) is 0.758. The molecule has 0 aliphatic carbocycles. The van der Waals surface area contributed by atoms with Crippen LogP contribution in [0.5, 0.6) is 0 Å². The first-order valence-electron chi connectivity index (χ1n) is 8.32. The Bertz CT molecular complexity index is 693. The van der Waals surface area contributed by atoms with Crippen LogP contribution in [0, 0.1) is 6.92 Å². The zero-order chi connectivity index (χ0) is 17.4. The van der Waals surface area contributed by atoms with Crippen LogP contribution in [0.4, 0.5) is 16.2 Å². The number of urea groups is 1. The van der Waals surface area contributed by atoms with Gasteiger partial charge in [0.15, 0.2) is 0 Å². The Morgan fingerprint density at radius 1 is 0.958 bits per heavy atom. The minimum atomic E-state index is -0.281. The Kier molecular flexibility index (Phi) is 6.55. The third kappa shape index (κ3) is 5.54. The summed E-state index contributed by atoms with van der Waals surface area (Å²) < 4.78 is 0. The zero-order valence-corrected chi connectivity index (χ0v) is 14.3. The number of ketones is 1. The lowest BCUT2D eigenvalue weighted by atomic mass is 10.0. The number of hydrogen-bond acceptors (Lipinski definition) is 2. The molecule has 2 rings (SSSR count). The molecule has 2 amide bonds. The van der Waals surface area contributed by atoms with Gasteiger partial charge in [-0.05, 0) is 42.7 Å². The highest BCUT2D eigenvalue weighted by atomic mass is 16.2. The average Bonchev–Trinajstić information content (AvgIpc) is 2.57. The number of Topliss-reactive ketones (excluding diaryl/α,β-unsaturated/α-hetero) is 1. The normalized spacial score (nSPS) is 10.2. The first kappa shape index (κ1) is 17.7. The summed E-state index contributed by atoms with van der Waals surface area (Å²) in [7, 11) is 0. The van der Waals surface area contributed by atoms with E-state index in [1.807, 2.05) is 55.5 Å². The fourth-order valence-corrected chi connectivity index (χ4v) is 2.39. The van der Waals surface area contributed by atoms with Crippen LogP contribution in [0.15, 0.2) is 48.5 Å². The molecule has 4 nitrogen and oxygen atoms in total. The molecule has 2 aromatic rings. The molecule has 0 fully saturated rings. The van der Waals surface area contributed by atoms with Gasteiger partial charge in [0.1, 0.15) is 5.78 Å². The number of anilines is 2. The summed E-state index contributed by atoms with van der Waals surface area (Å²) in [6.07, 6.45) is 3.06. The predicted molar refractivity (Wildman–Crippen MR) is 98.5 cm³/mol. The predicted octanol–water partition coefficient (Wildman–Crippen LogP) is 4.94. The van der Waals surface area contributed by atoms with Crippen LogP contribution in [0.1, 0.15) is 37.3 Å². The molecule has 0 spiro atoms. The number of nitrogens with one attached hydrogen (secondary N) is 2. The number of unbranched alkanes of at least 4 members (excludes halogenated alkanes) is 1. The van der Waals surface area contributed by atoms with Crippen molar-refractivity contribution in [2.75, 3.05) is 10.6 Å². The highest BCUT2D eigenvalue weighted by Gasteiger charge is 2.06. The summed E-state index contributed by atoms with van der Waals surface area (Å²) in [4.78, 5) is 23.8. The number of aryl methyl sites for hydroxylation is 1. The highest BCUT2D eigenvalue weighted by Crippen LogP contribution is 2.15. The molecule has 0 bridgehead atoms. The van der Waals surface area contributed by atoms with Crippen molar-refractivity contribution in [3.8, 4) is 0 Å². The molecule has 0 saturated heterocycles. The first-order valence-corrected chi connectivity index (χ1v) is 8.32. The molecule has 0 unspecified atom stereocenters. The smallest absolute Gasteiger partial charge is 0.308 e. The van der Waals surface area contributed by atoms with Gasteiger partial charge in [-0.25, -0.2) is 4.79 Å². The molecule has 24 heavy (non-hydrogen) atoms. The van der Waals surface area contributed by atoms with Crippen LogP contribution in [0.3, 0.4) is 0 Å². The number of benzene rings is 2. The Hall–Kier alpha value is -2.62. The van der Waals surface area contributed by atoms with Crippen LogP contribution in [-0.4, -0.2) is 11.8 Å². The van der Waals surface area contributed by atoms with E-state index in [4.69, 9.17) is 0 Å². The number of amides is 2. The van der Waals surface area contributed by atoms with E-state index in [1.54, 1.807) is 0 Å². The van der Waals surface area contributed by atoms with E-state index in [0.29, 0.717) is 18.5 Å². The van der Waals surface area contributed by atoms with E-state index in [9.17, 15) is 9.59 Å². The van der Waals surface area contributed by atoms with Crippen molar-refractivity contribution >= 4 is 23.2 Å². The van der Waals surface area contributed by atoms with E-state index in [-0.39, 0.29) is 11.8 Å². The SMILES string of the molecule is CCCCC(=O)Cc1ccc(NC(=O)Nc2ccccc2C)cc1. The van der Waals surface area contributed by atoms with E-state index in [1.165, 1.54) is 0 Å². The maximum atomic E-state index is 12.0. The molecule has 0 atom stereocenters. The Morgan fingerprint density at radius 2 is 1.67 bits per heavy atom. The summed E-state index contributed by atoms with van der Waals surface area (Å²) in [5, 5.41) is 5.62. The van der Waals surface area contributed by atoms with E-state index in [0.717, 1.165) is 29.7 Å². The molecule has 4 heteroatoms. The number of rotatable bonds is 7. The molecule has 0 aromatic heterocycles. The van der Waals surface area contributed by atoms with E-state index < -0.39 is 0 Å². The third-order valence-corrected chi connectivity index (χ3v) is 3.82. The fourth-order valence-electron chi connectivity index (χ4n) is 2.39. The zero-order valence-electron chi connectivity index (χ0n) is 14.3. The van der Waals surface area contributed by atoms with Gasteiger partial charge in [-0.1, -0.05) is 43.7 Å². The molecule has 0 saturated carbocycles. The van der Waals surface area contributed by atoms with Gasteiger partial charge in [0.05, 0.1) is 0 Å². The minimum absolute atomic E-state index is 0.259. The van der Waals surface area contributed by atoms with Gasteiger partial charge in [0, 0.05) is 24.2 Å². The van der Waals surface area contributed by atoms with Gasteiger partial charge < -0.3 is 10.6 Å². The van der Waals surface area contributed by atoms with Crippen molar-refractivity contribution in [3.63, 3.8) is 0 Å². The van der Waals surface area contributed by atoms with Crippen molar-refractivity contribution < 1.29 is 9.59 Å². The van der Waals surface area contributed by atoms with Crippen LogP contribution in [0.2, 0.25) is 0 Å². The van der Waals surface area contributed by atoms with Crippen LogP contribution in [0.25, 0.3) is 0 Å². The second-order valence-electron chi connectivity index (χ2n) is 5.91. The molecule has 2 aromatic carbocycles. The maximum absolute atomic E-state index is 12.0. The molecule has 0 aliphatic rings. The van der Waals surface area contributed by atoms with Crippen molar-refractivity contribution in [1.29, 1.82) is 0 Å². The largest absolute Gasteiger partial charge is 0.323 e. The second kappa shape index (κ2) is 8.87. The van der Waals surface area contributed by atoms with Gasteiger partial charge in [0.25, 0.3) is 0 Å². The van der Waals surface area contributed by atoms with E-state index in [2.05, 4.69) is 17.6 Å². The van der Waals surface area contributed by atoms with Crippen molar-refractivity contribution in [2.24, 2.45) is 0 Å². The summed E-state index contributed by atoms with van der Waals surface area (Å²) in [5.41, 5.74) is 3.47. The minimum Gasteiger partial charge on any atom is -0.308 e. The van der Waals surface area contributed by atoms with Gasteiger partial charge in [-0.3, -0.25) is 4.79 Å². The van der Waals surface area contributed by atoms with Crippen molar-refractivity contribution in [2.45, 2.75) is 39.5 Å². The first-order chi connectivity index (χ1) is 11.6. The topological polar surface area (TPSA) is 58.2 Å². The summed E-state index contributed by atoms with van der Waals surface area (Å²) >= 11 is 0. The summed E-state index contributed by atoms with van der Waals surface area (Å²) in [5.74, 6) is 0.259. The second-order valence-corrected chi connectivity index (χ2v) is 5.91. The van der Waals surface area contributed by atoms with Crippen molar-refractivity contribution in [1.82, 2.24) is 0 Å². The Morgan fingerprint density at radius 3 is 2.33 bits per heavy atom. The summed E-state index contributed by atoms with van der Waals surface area (Å²) in [6.45, 7) is 4.02. The molecule has 126 valence electrons. The summed E-state index contributed by atoms with van der Waals surface area (Å²) in [6, 6.07) is 14.7. The maximum Gasteiger partial charge on any atom is 0.323 e. The lowest BCUT2D eigenvalue weighted by Crippen LogP contribution is -2.19. The monoisotopic (exact) mass is 324 g/mol. The standard InChI is InChI=1S/C20H24N2O2/c1-3-4-8-18(23)14-16-10-12-17(13-11-16)21-20(24)22-19-9-6-5-7-15(19)2/h5-7,9-13H,3-4,8,14H2,1-2H3,(H2,21,22,24). The number of carbonyl (C=O) groups excluding carboxylic acids is 2. The van der Waals surface area contributed by atoms with Gasteiger partial charge >= 0.3 is 6.03 Å². The number of para-hydroxylation sites is 1. The highest BCUT2D eigenvalue weighted by molar-refractivity contribution is 6.00. The van der Waals surface area contributed by atoms with Crippen LogP contribution in [-0.2, 0) is 11.2 Å².